The number of carbonyl (C=O) groups excluding carboxylic acids is 1. The Balaban J connectivity index is 1.55. The van der Waals surface area contributed by atoms with E-state index in [4.69, 9.17) is 0 Å². The van der Waals surface area contributed by atoms with E-state index < -0.39 is 0 Å². The van der Waals surface area contributed by atoms with E-state index >= 15 is 0 Å². The molecule has 2 aliphatic rings. The van der Waals surface area contributed by atoms with Gasteiger partial charge in [-0.1, -0.05) is 25.1 Å². The van der Waals surface area contributed by atoms with Crippen molar-refractivity contribution in [3.8, 4) is 0 Å². The number of aromatic nitrogens is 1. The summed E-state index contributed by atoms with van der Waals surface area (Å²) >= 11 is 0. The van der Waals surface area contributed by atoms with E-state index in [0.29, 0.717) is 5.56 Å². The van der Waals surface area contributed by atoms with E-state index in [1.165, 1.54) is 18.4 Å². The molecule has 4 heteroatoms. The van der Waals surface area contributed by atoms with E-state index in [-0.39, 0.29) is 11.9 Å². The van der Waals surface area contributed by atoms with Crippen molar-refractivity contribution in [2.75, 3.05) is 22.9 Å². The molecule has 4 nitrogen and oxygen atoms in total. The molecule has 0 saturated carbocycles. The average molecular weight is 349 g/mol. The zero-order chi connectivity index (χ0) is 18.1. The highest BCUT2D eigenvalue weighted by atomic mass is 16.2. The zero-order valence-corrected chi connectivity index (χ0v) is 15.7. The molecule has 4 rings (SSSR count). The average Bonchev–Trinajstić information content (AvgIpc) is 2.68. The number of para-hydroxylation sites is 1. The van der Waals surface area contributed by atoms with Gasteiger partial charge >= 0.3 is 0 Å². The Morgan fingerprint density at radius 3 is 2.54 bits per heavy atom. The lowest BCUT2D eigenvalue weighted by atomic mass is 9.96. The van der Waals surface area contributed by atoms with Crippen molar-refractivity contribution < 1.29 is 4.79 Å². The van der Waals surface area contributed by atoms with E-state index in [1.807, 2.05) is 29.2 Å². The Kier molecular flexibility index (Phi) is 4.66. The van der Waals surface area contributed by atoms with Crippen LogP contribution in [0.5, 0.6) is 0 Å². The summed E-state index contributed by atoms with van der Waals surface area (Å²) in [5, 5.41) is 0. The SMILES string of the molecule is CC1CCN(c2ccc(C(=O)N3c4ccccc4CC[C@@H]3C)cn2)CC1. The lowest BCUT2D eigenvalue weighted by molar-refractivity contribution is 0.0975. The maximum Gasteiger partial charge on any atom is 0.260 e. The van der Waals surface area contributed by atoms with Crippen molar-refractivity contribution in [1.82, 2.24) is 4.98 Å². The highest BCUT2D eigenvalue weighted by Gasteiger charge is 2.29. The molecule has 3 heterocycles. The molecule has 26 heavy (non-hydrogen) atoms. The van der Waals surface area contributed by atoms with Crippen molar-refractivity contribution in [1.29, 1.82) is 0 Å². The molecule has 1 amide bonds. The molecule has 0 radical (unpaired) electrons. The number of benzene rings is 1. The van der Waals surface area contributed by atoms with E-state index in [1.54, 1.807) is 6.20 Å². The highest BCUT2D eigenvalue weighted by molar-refractivity contribution is 6.07. The van der Waals surface area contributed by atoms with Crippen molar-refractivity contribution in [2.45, 2.75) is 45.6 Å². The zero-order valence-electron chi connectivity index (χ0n) is 15.7. The minimum absolute atomic E-state index is 0.0518. The van der Waals surface area contributed by atoms with Crippen LogP contribution in [0.4, 0.5) is 11.5 Å². The standard InChI is InChI=1S/C22H27N3O/c1-16-11-13-24(14-12-16)21-10-9-19(15-23-21)22(26)25-17(2)7-8-18-5-3-4-6-20(18)25/h3-6,9-10,15-17H,7-8,11-14H2,1-2H3/t17-/m0/s1. The summed E-state index contributed by atoms with van der Waals surface area (Å²) in [6, 6.07) is 12.4. The highest BCUT2D eigenvalue weighted by Crippen LogP contribution is 2.32. The number of nitrogens with zero attached hydrogens (tertiary/aromatic N) is 3. The van der Waals surface area contributed by atoms with Gasteiger partial charge < -0.3 is 9.80 Å². The number of rotatable bonds is 2. The summed E-state index contributed by atoms with van der Waals surface area (Å²) in [5.41, 5.74) is 2.97. The van der Waals surface area contributed by atoms with Gasteiger partial charge in [0.15, 0.2) is 0 Å². The molecular formula is C22H27N3O. The second-order valence-corrected chi connectivity index (χ2v) is 7.77. The fourth-order valence-electron chi connectivity index (χ4n) is 4.07. The molecule has 0 aliphatic carbocycles. The second kappa shape index (κ2) is 7.10. The number of carbonyl (C=O) groups is 1. The first-order valence-corrected chi connectivity index (χ1v) is 9.76. The van der Waals surface area contributed by atoms with Crippen LogP contribution >= 0.6 is 0 Å². The van der Waals surface area contributed by atoms with Crippen molar-refractivity contribution in [2.24, 2.45) is 5.92 Å². The summed E-state index contributed by atoms with van der Waals surface area (Å²) in [5.74, 6) is 1.84. The Morgan fingerprint density at radius 2 is 1.81 bits per heavy atom. The topological polar surface area (TPSA) is 36.4 Å². The van der Waals surface area contributed by atoms with Gasteiger partial charge in [0.1, 0.15) is 5.82 Å². The van der Waals surface area contributed by atoms with Gasteiger partial charge in [0.2, 0.25) is 0 Å². The normalized spacial score (nSPS) is 20.8. The van der Waals surface area contributed by atoms with Crippen molar-refractivity contribution >= 4 is 17.4 Å². The van der Waals surface area contributed by atoms with E-state index in [9.17, 15) is 4.79 Å². The first kappa shape index (κ1) is 17.1. The number of hydrogen-bond acceptors (Lipinski definition) is 3. The molecule has 0 bridgehead atoms. The van der Waals surface area contributed by atoms with Gasteiger partial charge in [-0.3, -0.25) is 4.79 Å². The summed E-state index contributed by atoms with van der Waals surface area (Å²) < 4.78 is 0. The van der Waals surface area contributed by atoms with Crippen LogP contribution in [0.3, 0.4) is 0 Å². The number of anilines is 2. The summed E-state index contributed by atoms with van der Waals surface area (Å²) in [4.78, 5) is 22.0. The summed E-state index contributed by atoms with van der Waals surface area (Å²) in [6.45, 7) is 6.55. The number of fused-ring (bicyclic) bond motifs is 1. The molecule has 0 N–H and O–H groups in total. The van der Waals surface area contributed by atoms with Gasteiger partial charge in [-0.25, -0.2) is 4.98 Å². The van der Waals surface area contributed by atoms with Crippen molar-refractivity contribution in [3.05, 3.63) is 53.7 Å². The number of amides is 1. The predicted octanol–water partition coefficient (Wildman–Crippen LogP) is 4.30. The molecule has 1 atom stereocenters. The molecule has 1 aromatic carbocycles. The quantitative estimate of drug-likeness (QED) is 0.811. The number of aryl methyl sites for hydroxylation is 1. The first-order valence-electron chi connectivity index (χ1n) is 9.76. The summed E-state index contributed by atoms with van der Waals surface area (Å²) in [6.07, 6.45) is 6.21. The van der Waals surface area contributed by atoms with Crippen molar-refractivity contribution in [3.63, 3.8) is 0 Å². The Bertz CT molecular complexity index is 778. The lowest BCUT2D eigenvalue weighted by Gasteiger charge is -2.35. The van der Waals surface area contributed by atoms with Crippen LogP contribution in [0.25, 0.3) is 0 Å². The Morgan fingerprint density at radius 1 is 1.04 bits per heavy atom. The van der Waals surface area contributed by atoms with Gasteiger partial charge in [-0.15, -0.1) is 0 Å². The number of pyridine rings is 1. The third kappa shape index (κ3) is 3.20. The minimum atomic E-state index is 0.0518. The van der Waals surface area contributed by atoms with E-state index in [0.717, 1.165) is 43.4 Å². The van der Waals surface area contributed by atoms with Gasteiger partial charge in [0.05, 0.1) is 5.56 Å². The predicted molar refractivity (Wildman–Crippen MR) is 106 cm³/mol. The third-order valence-corrected chi connectivity index (χ3v) is 5.84. The largest absolute Gasteiger partial charge is 0.357 e. The maximum atomic E-state index is 13.2. The van der Waals surface area contributed by atoms with Crippen LogP contribution in [0, 0.1) is 5.92 Å². The first-order chi connectivity index (χ1) is 12.6. The minimum Gasteiger partial charge on any atom is -0.357 e. The van der Waals surface area contributed by atoms with Crippen LogP contribution < -0.4 is 9.80 Å². The van der Waals surface area contributed by atoms with Crippen LogP contribution in [0.1, 0.15) is 49.0 Å². The van der Waals surface area contributed by atoms with Gasteiger partial charge in [0, 0.05) is 31.0 Å². The van der Waals surface area contributed by atoms with Crippen LogP contribution in [-0.2, 0) is 6.42 Å². The maximum absolute atomic E-state index is 13.2. The van der Waals surface area contributed by atoms with Gasteiger partial charge in [0.25, 0.3) is 5.91 Å². The molecule has 1 fully saturated rings. The molecular weight excluding hydrogens is 322 g/mol. The van der Waals surface area contributed by atoms with Gasteiger partial charge in [-0.2, -0.15) is 0 Å². The smallest absolute Gasteiger partial charge is 0.260 e. The molecule has 1 saturated heterocycles. The molecule has 0 spiro atoms. The number of hydrogen-bond donors (Lipinski definition) is 0. The Labute approximate surface area is 155 Å². The monoisotopic (exact) mass is 349 g/mol. The summed E-state index contributed by atoms with van der Waals surface area (Å²) in [7, 11) is 0. The number of piperidine rings is 1. The molecule has 136 valence electrons. The van der Waals surface area contributed by atoms with Crippen LogP contribution in [0.15, 0.2) is 42.6 Å². The molecule has 1 aromatic heterocycles. The Hall–Kier alpha value is -2.36. The van der Waals surface area contributed by atoms with Crippen LogP contribution in [-0.4, -0.2) is 30.0 Å². The molecule has 2 aliphatic heterocycles. The van der Waals surface area contributed by atoms with Gasteiger partial charge in [-0.05, 0) is 62.3 Å². The molecule has 2 aromatic rings. The van der Waals surface area contributed by atoms with E-state index in [2.05, 4.69) is 35.9 Å². The molecule has 0 unspecified atom stereocenters. The lowest BCUT2D eigenvalue weighted by Crippen LogP contribution is -2.42. The van der Waals surface area contributed by atoms with Crippen LogP contribution in [0.2, 0.25) is 0 Å². The second-order valence-electron chi connectivity index (χ2n) is 7.77. The fraction of sp³-hybridized carbons (Fsp3) is 0.455. The third-order valence-electron chi connectivity index (χ3n) is 5.84. The fourth-order valence-corrected chi connectivity index (χ4v) is 4.07.